The second kappa shape index (κ2) is 13.0. The van der Waals surface area contributed by atoms with E-state index < -0.39 is 36.6 Å². The minimum absolute atomic E-state index is 0.0137. The van der Waals surface area contributed by atoms with Gasteiger partial charge in [-0.15, -0.1) is 5.10 Å². The highest BCUT2D eigenvalue weighted by molar-refractivity contribution is 6.02. The van der Waals surface area contributed by atoms with Crippen LogP contribution in [0, 0.1) is 11.3 Å². The number of nitrogens with zero attached hydrogens (tertiary/aromatic N) is 5. The first-order chi connectivity index (χ1) is 19.3. The minimum Gasteiger partial charge on any atom is -0.388 e. The van der Waals surface area contributed by atoms with E-state index in [1.54, 1.807) is 6.20 Å². The Bertz CT molecular complexity index is 1400. The van der Waals surface area contributed by atoms with Gasteiger partial charge >= 0.3 is 0 Å². The number of carbonyl (C=O) groups excluding carboxylic acids is 1. The first kappa shape index (κ1) is 29.1. The van der Waals surface area contributed by atoms with Crippen LogP contribution in [0.5, 0.6) is 0 Å². The summed E-state index contributed by atoms with van der Waals surface area (Å²) in [6.45, 7) is 6.11. The minimum atomic E-state index is -1.45. The third-order valence-corrected chi connectivity index (χ3v) is 6.94. The zero-order valence-electron chi connectivity index (χ0n) is 22.6. The molecule has 0 radical (unpaired) electrons. The van der Waals surface area contributed by atoms with Crippen molar-refractivity contribution in [1.29, 1.82) is 5.26 Å². The number of nitriles is 1. The molecule has 12 heteroatoms. The van der Waals surface area contributed by atoms with E-state index in [9.17, 15) is 25.4 Å². The van der Waals surface area contributed by atoms with Crippen LogP contribution in [0.3, 0.4) is 0 Å². The van der Waals surface area contributed by atoms with E-state index >= 15 is 0 Å². The van der Waals surface area contributed by atoms with Crippen LogP contribution in [0.4, 0.5) is 5.69 Å². The fourth-order valence-corrected chi connectivity index (χ4v) is 4.66. The monoisotopic (exact) mass is 550 g/mol. The molecule has 0 aliphatic carbocycles. The number of rotatable bonds is 10. The number of aromatic nitrogens is 3. The number of aliphatic hydroxyl groups is 3. The third kappa shape index (κ3) is 6.47. The van der Waals surface area contributed by atoms with Gasteiger partial charge in [0, 0.05) is 25.9 Å². The first-order valence-corrected chi connectivity index (χ1v) is 13.1. The SMILES string of the molecule is CCN(CC)c1ccc2cc(C=C(C#N)C(=O)NCc3cn(CC4OC(OC)C(O)C(O)C4O)nn3)ccc2c1. The van der Waals surface area contributed by atoms with Gasteiger partial charge in [-0.25, -0.2) is 4.68 Å². The van der Waals surface area contributed by atoms with Crippen molar-refractivity contribution < 1.29 is 29.6 Å². The van der Waals surface area contributed by atoms with E-state index in [0.29, 0.717) is 5.69 Å². The Balaban J connectivity index is 1.38. The van der Waals surface area contributed by atoms with Crippen molar-refractivity contribution in [2.24, 2.45) is 0 Å². The van der Waals surface area contributed by atoms with E-state index in [1.807, 2.05) is 30.3 Å². The fourth-order valence-electron chi connectivity index (χ4n) is 4.66. The summed E-state index contributed by atoms with van der Waals surface area (Å²) in [5.41, 5.74) is 2.24. The number of amides is 1. The largest absolute Gasteiger partial charge is 0.388 e. The van der Waals surface area contributed by atoms with Crippen molar-refractivity contribution in [2.75, 3.05) is 25.1 Å². The van der Waals surface area contributed by atoms with Gasteiger partial charge in [-0.05, 0) is 54.5 Å². The van der Waals surface area contributed by atoms with Crippen LogP contribution < -0.4 is 10.2 Å². The predicted octanol–water partition coefficient (Wildman–Crippen LogP) is 0.955. The third-order valence-electron chi connectivity index (χ3n) is 6.94. The number of benzene rings is 2. The number of methoxy groups -OCH3 is 1. The molecule has 5 atom stereocenters. The summed E-state index contributed by atoms with van der Waals surface area (Å²) in [7, 11) is 1.32. The van der Waals surface area contributed by atoms with E-state index in [2.05, 4.69) is 46.5 Å². The van der Waals surface area contributed by atoms with Crippen LogP contribution in [0.1, 0.15) is 25.1 Å². The highest BCUT2D eigenvalue weighted by Crippen LogP contribution is 2.25. The average Bonchev–Trinajstić information content (AvgIpc) is 3.42. The Hall–Kier alpha value is -3.86. The number of ether oxygens (including phenoxy) is 2. The number of nitrogens with one attached hydrogen (secondary N) is 1. The number of carbonyl (C=O) groups is 1. The standard InChI is InChI=1S/C28H34N6O6/c1-4-33(5-2)22-9-8-18-10-17(6-7-19(18)12-22)11-20(13-29)27(38)30-14-21-15-34(32-31-21)16-23-24(35)25(36)26(37)28(39-3)40-23/h6-12,15,23-26,28,35-37H,4-5,14,16H2,1-3H3,(H,30,38). The van der Waals surface area contributed by atoms with Crippen molar-refractivity contribution >= 4 is 28.4 Å². The van der Waals surface area contributed by atoms with Gasteiger partial charge in [0.1, 0.15) is 41.8 Å². The van der Waals surface area contributed by atoms with Crippen LogP contribution in [-0.4, -0.2) is 87.1 Å². The molecule has 0 spiro atoms. The molecular formula is C28H34N6O6. The molecule has 1 amide bonds. The molecule has 1 aromatic heterocycles. The maximum Gasteiger partial charge on any atom is 0.262 e. The zero-order chi connectivity index (χ0) is 28.8. The molecule has 4 N–H and O–H groups in total. The van der Waals surface area contributed by atoms with Crippen molar-refractivity contribution in [3.8, 4) is 6.07 Å². The lowest BCUT2D eigenvalue weighted by Gasteiger charge is -2.39. The van der Waals surface area contributed by atoms with Crippen LogP contribution in [-0.2, 0) is 27.4 Å². The van der Waals surface area contributed by atoms with Crippen LogP contribution >= 0.6 is 0 Å². The molecule has 5 unspecified atom stereocenters. The number of aliphatic hydroxyl groups excluding tert-OH is 3. The highest BCUT2D eigenvalue weighted by Gasteiger charge is 2.44. The quantitative estimate of drug-likeness (QED) is 0.211. The Labute approximate surface area is 232 Å². The van der Waals surface area contributed by atoms with Gasteiger partial charge in [0.05, 0.1) is 19.3 Å². The fraction of sp³-hybridized carbons (Fsp3) is 0.429. The molecule has 1 fully saturated rings. The summed E-state index contributed by atoms with van der Waals surface area (Å²) >= 11 is 0. The van der Waals surface area contributed by atoms with Gasteiger partial charge in [0.15, 0.2) is 6.29 Å². The van der Waals surface area contributed by atoms with E-state index in [4.69, 9.17) is 9.47 Å². The lowest BCUT2D eigenvalue weighted by Crippen LogP contribution is -2.58. The molecule has 12 nitrogen and oxygen atoms in total. The van der Waals surface area contributed by atoms with E-state index in [-0.39, 0.29) is 18.7 Å². The van der Waals surface area contributed by atoms with Gasteiger partial charge in [-0.3, -0.25) is 4.79 Å². The predicted molar refractivity (Wildman–Crippen MR) is 147 cm³/mol. The van der Waals surface area contributed by atoms with Crippen LogP contribution in [0.2, 0.25) is 0 Å². The Morgan fingerprint density at radius 1 is 1.15 bits per heavy atom. The molecule has 1 saturated heterocycles. The average molecular weight is 551 g/mol. The van der Waals surface area contributed by atoms with Gasteiger partial charge in [-0.2, -0.15) is 5.26 Å². The maximum atomic E-state index is 12.7. The number of fused-ring (bicyclic) bond motifs is 1. The second-order valence-corrected chi connectivity index (χ2v) is 9.50. The van der Waals surface area contributed by atoms with E-state index in [0.717, 1.165) is 35.1 Å². The topological polar surface area (TPSA) is 166 Å². The summed E-state index contributed by atoms with van der Waals surface area (Å²) in [6.07, 6.45) is -3.13. The molecule has 0 bridgehead atoms. The normalized spacial score (nSPS) is 23.1. The molecule has 4 rings (SSSR count). The Kier molecular flexibility index (Phi) is 9.46. The molecule has 2 heterocycles. The molecule has 40 heavy (non-hydrogen) atoms. The van der Waals surface area contributed by atoms with Gasteiger partial charge in [0.2, 0.25) is 0 Å². The molecule has 3 aromatic rings. The summed E-state index contributed by atoms with van der Waals surface area (Å²) < 4.78 is 11.9. The van der Waals surface area contributed by atoms with Crippen molar-refractivity contribution in [2.45, 2.75) is 57.6 Å². The van der Waals surface area contributed by atoms with Gasteiger partial charge in [0.25, 0.3) is 5.91 Å². The van der Waals surface area contributed by atoms with Crippen molar-refractivity contribution in [3.63, 3.8) is 0 Å². The molecule has 212 valence electrons. The number of anilines is 1. The first-order valence-electron chi connectivity index (χ1n) is 13.1. The number of hydrogen-bond donors (Lipinski definition) is 4. The van der Waals surface area contributed by atoms with Crippen molar-refractivity contribution in [1.82, 2.24) is 20.3 Å². The summed E-state index contributed by atoms with van der Waals surface area (Å²) in [5.74, 6) is -0.555. The highest BCUT2D eigenvalue weighted by atomic mass is 16.7. The smallest absolute Gasteiger partial charge is 0.262 e. The lowest BCUT2D eigenvalue weighted by atomic mass is 9.99. The molecule has 1 aliphatic rings. The van der Waals surface area contributed by atoms with Gasteiger partial charge < -0.3 is 35.0 Å². The zero-order valence-corrected chi connectivity index (χ0v) is 22.6. The van der Waals surface area contributed by atoms with E-state index in [1.165, 1.54) is 17.9 Å². The molecule has 0 saturated carbocycles. The Morgan fingerprint density at radius 2 is 1.88 bits per heavy atom. The molecule has 1 aliphatic heterocycles. The van der Waals surface area contributed by atoms with Crippen LogP contribution in [0.25, 0.3) is 16.8 Å². The van der Waals surface area contributed by atoms with Gasteiger partial charge in [-0.1, -0.05) is 23.4 Å². The molecular weight excluding hydrogens is 516 g/mol. The molecule has 2 aromatic carbocycles. The number of hydrogen-bond acceptors (Lipinski definition) is 10. The summed E-state index contributed by atoms with van der Waals surface area (Å²) in [4.78, 5) is 15.0. The summed E-state index contributed by atoms with van der Waals surface area (Å²) in [5, 5.41) is 52.5. The van der Waals surface area contributed by atoms with Crippen molar-refractivity contribution in [3.05, 3.63) is 59.4 Å². The maximum absolute atomic E-state index is 12.7. The summed E-state index contributed by atoms with van der Waals surface area (Å²) in [6, 6.07) is 14.0. The lowest BCUT2D eigenvalue weighted by molar-refractivity contribution is -0.292. The Morgan fingerprint density at radius 3 is 2.58 bits per heavy atom. The van der Waals surface area contributed by atoms with Crippen LogP contribution in [0.15, 0.2) is 48.2 Å². The second-order valence-electron chi connectivity index (χ2n) is 9.50.